The average molecular weight is 315 g/mol. The SMILES string of the molecule is O=C1N[C@H](C(=O)O)C/C=C/CCCCCCCc2ccccc21. The Morgan fingerprint density at radius 1 is 1.04 bits per heavy atom. The van der Waals surface area contributed by atoms with Crippen molar-refractivity contribution in [2.24, 2.45) is 0 Å². The summed E-state index contributed by atoms with van der Waals surface area (Å²) in [6, 6.07) is 6.61. The number of benzene rings is 1. The van der Waals surface area contributed by atoms with Gasteiger partial charge in [0.05, 0.1) is 0 Å². The van der Waals surface area contributed by atoms with Crippen molar-refractivity contribution in [3.8, 4) is 0 Å². The molecule has 0 aromatic heterocycles. The van der Waals surface area contributed by atoms with Gasteiger partial charge in [-0.15, -0.1) is 0 Å². The highest BCUT2D eigenvalue weighted by Crippen LogP contribution is 2.15. The quantitative estimate of drug-likeness (QED) is 0.776. The summed E-state index contributed by atoms with van der Waals surface area (Å²) < 4.78 is 0. The van der Waals surface area contributed by atoms with Crippen molar-refractivity contribution in [2.75, 3.05) is 0 Å². The van der Waals surface area contributed by atoms with Crippen LogP contribution < -0.4 is 5.32 Å². The highest BCUT2D eigenvalue weighted by atomic mass is 16.4. The van der Waals surface area contributed by atoms with Gasteiger partial charge in [0.25, 0.3) is 5.91 Å². The fourth-order valence-corrected chi connectivity index (χ4v) is 2.88. The van der Waals surface area contributed by atoms with Gasteiger partial charge in [0.2, 0.25) is 0 Å². The highest BCUT2D eigenvalue weighted by Gasteiger charge is 2.20. The van der Waals surface area contributed by atoms with Crippen molar-refractivity contribution < 1.29 is 14.7 Å². The molecule has 2 rings (SSSR count). The lowest BCUT2D eigenvalue weighted by atomic mass is 9.99. The summed E-state index contributed by atoms with van der Waals surface area (Å²) >= 11 is 0. The topological polar surface area (TPSA) is 66.4 Å². The van der Waals surface area contributed by atoms with Crippen LogP contribution in [0.5, 0.6) is 0 Å². The second-order valence-electron chi connectivity index (χ2n) is 6.03. The number of allylic oxidation sites excluding steroid dienone is 1. The monoisotopic (exact) mass is 315 g/mol. The van der Waals surface area contributed by atoms with Gasteiger partial charge in [0.15, 0.2) is 0 Å². The third kappa shape index (κ3) is 5.55. The van der Waals surface area contributed by atoms with Gasteiger partial charge >= 0.3 is 5.97 Å². The van der Waals surface area contributed by atoms with Crippen molar-refractivity contribution in [3.05, 3.63) is 47.5 Å². The number of amides is 1. The number of hydrogen-bond acceptors (Lipinski definition) is 2. The van der Waals surface area contributed by atoms with Crippen LogP contribution in [-0.2, 0) is 11.2 Å². The summed E-state index contributed by atoms with van der Waals surface area (Å²) in [5, 5.41) is 12.0. The van der Waals surface area contributed by atoms with E-state index in [0.29, 0.717) is 12.0 Å². The van der Waals surface area contributed by atoms with Crippen LogP contribution in [0.15, 0.2) is 36.4 Å². The van der Waals surface area contributed by atoms with Gasteiger partial charge < -0.3 is 10.4 Å². The second kappa shape index (κ2) is 9.13. The fourth-order valence-electron chi connectivity index (χ4n) is 2.88. The third-order valence-corrected chi connectivity index (χ3v) is 4.22. The van der Waals surface area contributed by atoms with Gasteiger partial charge in [-0.05, 0) is 43.7 Å². The Hall–Kier alpha value is -2.10. The van der Waals surface area contributed by atoms with Crippen LogP contribution in [0, 0.1) is 0 Å². The zero-order valence-electron chi connectivity index (χ0n) is 13.5. The van der Waals surface area contributed by atoms with E-state index in [2.05, 4.69) is 5.32 Å². The number of carbonyl (C=O) groups excluding carboxylic acids is 1. The van der Waals surface area contributed by atoms with Crippen LogP contribution in [0.2, 0.25) is 0 Å². The van der Waals surface area contributed by atoms with Crippen LogP contribution in [-0.4, -0.2) is 23.0 Å². The van der Waals surface area contributed by atoms with Crippen molar-refractivity contribution in [3.63, 3.8) is 0 Å². The van der Waals surface area contributed by atoms with E-state index in [0.717, 1.165) is 37.7 Å². The first-order chi connectivity index (χ1) is 11.2. The van der Waals surface area contributed by atoms with E-state index in [1.165, 1.54) is 12.8 Å². The fraction of sp³-hybridized carbons (Fsp3) is 0.474. The average Bonchev–Trinajstić information content (AvgIpc) is 2.55. The molecule has 4 heteroatoms. The predicted octanol–water partition coefficient (Wildman–Crippen LogP) is 3.71. The van der Waals surface area contributed by atoms with Crippen LogP contribution >= 0.6 is 0 Å². The number of nitrogens with one attached hydrogen (secondary N) is 1. The zero-order valence-corrected chi connectivity index (χ0v) is 13.5. The molecule has 0 saturated carbocycles. The van der Waals surface area contributed by atoms with Gasteiger partial charge in [-0.3, -0.25) is 4.79 Å². The second-order valence-corrected chi connectivity index (χ2v) is 6.03. The van der Waals surface area contributed by atoms with E-state index in [1.807, 2.05) is 30.4 Å². The molecule has 0 saturated heterocycles. The first-order valence-corrected chi connectivity index (χ1v) is 8.45. The largest absolute Gasteiger partial charge is 0.480 e. The Kier molecular flexibility index (Phi) is 6.85. The molecular formula is C19H25NO3. The molecule has 0 aliphatic carbocycles. The summed E-state index contributed by atoms with van der Waals surface area (Å²) in [7, 11) is 0. The molecule has 0 spiro atoms. The number of aliphatic carboxylic acids is 1. The molecule has 124 valence electrons. The molecule has 0 unspecified atom stereocenters. The van der Waals surface area contributed by atoms with E-state index in [4.69, 9.17) is 0 Å². The molecule has 4 nitrogen and oxygen atoms in total. The Labute approximate surface area is 137 Å². The van der Waals surface area contributed by atoms with Gasteiger partial charge in [-0.2, -0.15) is 0 Å². The number of fused-ring (bicyclic) bond motifs is 1. The first kappa shape index (κ1) is 17.3. The molecule has 1 aromatic rings. The Bertz CT molecular complexity index is 565. The van der Waals surface area contributed by atoms with Gasteiger partial charge in [-0.1, -0.05) is 49.6 Å². The molecule has 1 aromatic carbocycles. The Morgan fingerprint density at radius 2 is 1.78 bits per heavy atom. The standard InChI is InChI=1S/C19H25NO3/c21-18-16-13-10-9-12-15(16)11-7-5-3-1-2-4-6-8-14-17(20-18)19(22)23/h6,8-10,12-13,17H,1-5,7,11,14H2,(H,20,21)(H,22,23)/b8-6+/t17-/m0/s1. The van der Waals surface area contributed by atoms with Crippen LogP contribution in [0.25, 0.3) is 0 Å². The normalized spacial score (nSPS) is 22.1. The van der Waals surface area contributed by atoms with Crippen LogP contribution in [0.3, 0.4) is 0 Å². The number of carbonyl (C=O) groups is 2. The Balaban J connectivity index is 2.17. The maximum Gasteiger partial charge on any atom is 0.326 e. The molecule has 1 amide bonds. The maximum atomic E-state index is 12.5. The molecule has 0 bridgehead atoms. The first-order valence-electron chi connectivity index (χ1n) is 8.45. The molecule has 0 radical (unpaired) electrons. The predicted molar refractivity (Wildman–Crippen MR) is 90.5 cm³/mol. The van der Waals surface area contributed by atoms with E-state index in [-0.39, 0.29) is 5.91 Å². The number of carboxylic acids is 1. The van der Waals surface area contributed by atoms with Gasteiger partial charge in [-0.25, -0.2) is 4.79 Å². The van der Waals surface area contributed by atoms with Crippen molar-refractivity contribution in [1.29, 1.82) is 0 Å². The molecule has 1 aliphatic rings. The van der Waals surface area contributed by atoms with Crippen LogP contribution in [0.1, 0.15) is 60.9 Å². The lowest BCUT2D eigenvalue weighted by Gasteiger charge is -2.15. The zero-order chi connectivity index (χ0) is 16.5. The number of hydrogen-bond donors (Lipinski definition) is 2. The smallest absolute Gasteiger partial charge is 0.326 e. The third-order valence-electron chi connectivity index (χ3n) is 4.22. The molecule has 23 heavy (non-hydrogen) atoms. The summed E-state index contributed by atoms with van der Waals surface area (Å²) in [6.45, 7) is 0. The highest BCUT2D eigenvalue weighted by molar-refractivity contribution is 5.97. The number of rotatable bonds is 1. The number of carboxylic acid groups (broad SMARTS) is 1. The summed E-state index contributed by atoms with van der Waals surface area (Å²) in [5.74, 6) is -1.29. The molecule has 1 heterocycles. The molecule has 1 atom stereocenters. The van der Waals surface area contributed by atoms with Gasteiger partial charge in [0, 0.05) is 5.56 Å². The van der Waals surface area contributed by atoms with Crippen molar-refractivity contribution >= 4 is 11.9 Å². The van der Waals surface area contributed by atoms with Crippen LogP contribution in [0.4, 0.5) is 0 Å². The van der Waals surface area contributed by atoms with Crippen molar-refractivity contribution in [2.45, 2.75) is 57.4 Å². The molecule has 0 fully saturated rings. The minimum absolute atomic E-state index is 0.295. The lowest BCUT2D eigenvalue weighted by molar-refractivity contribution is -0.139. The van der Waals surface area contributed by atoms with E-state index in [9.17, 15) is 14.7 Å². The maximum absolute atomic E-state index is 12.5. The van der Waals surface area contributed by atoms with E-state index >= 15 is 0 Å². The van der Waals surface area contributed by atoms with E-state index < -0.39 is 12.0 Å². The minimum Gasteiger partial charge on any atom is -0.480 e. The summed E-state index contributed by atoms with van der Waals surface area (Å²) in [6.07, 6.45) is 11.8. The number of aryl methyl sites for hydroxylation is 1. The van der Waals surface area contributed by atoms with E-state index in [1.54, 1.807) is 6.07 Å². The Morgan fingerprint density at radius 3 is 2.61 bits per heavy atom. The molecule has 2 N–H and O–H groups in total. The minimum atomic E-state index is -0.996. The molecular weight excluding hydrogens is 290 g/mol. The molecule has 1 aliphatic heterocycles. The summed E-state index contributed by atoms with van der Waals surface area (Å²) in [5.41, 5.74) is 1.59. The summed E-state index contributed by atoms with van der Waals surface area (Å²) in [4.78, 5) is 23.8. The lowest BCUT2D eigenvalue weighted by Crippen LogP contribution is -2.40. The van der Waals surface area contributed by atoms with Crippen molar-refractivity contribution in [1.82, 2.24) is 5.32 Å². The van der Waals surface area contributed by atoms with Gasteiger partial charge in [0.1, 0.15) is 6.04 Å².